The Kier molecular flexibility index (Phi) is 4.51. The lowest BCUT2D eigenvalue weighted by molar-refractivity contribution is 0.101. The summed E-state index contributed by atoms with van der Waals surface area (Å²) in [6.45, 7) is 0. The molecule has 4 rings (SSSR count). The van der Waals surface area contributed by atoms with Crippen molar-refractivity contribution < 1.29 is 19.4 Å². The molecule has 8 nitrogen and oxygen atoms in total. The molecule has 0 bridgehead atoms. The van der Waals surface area contributed by atoms with Gasteiger partial charge in [-0.25, -0.2) is 9.97 Å². The number of imidazole rings is 1. The molecule has 0 fully saturated rings. The Morgan fingerprint density at radius 1 is 1.11 bits per heavy atom. The molecule has 2 aromatic heterocycles. The Labute approximate surface area is 159 Å². The Bertz CT molecular complexity index is 1140. The molecule has 0 spiro atoms. The molecule has 2 aromatic carbocycles. The number of carbonyl (C=O) groups is 1. The maximum Gasteiger partial charge on any atom is 0.280 e. The summed E-state index contributed by atoms with van der Waals surface area (Å²) < 4.78 is 10.8. The van der Waals surface area contributed by atoms with Crippen LogP contribution in [0.3, 0.4) is 0 Å². The molecular formula is C20H16N4O4. The second-order valence-corrected chi connectivity index (χ2v) is 5.84. The van der Waals surface area contributed by atoms with E-state index in [4.69, 9.17) is 9.47 Å². The molecule has 0 saturated heterocycles. The van der Waals surface area contributed by atoms with Crippen molar-refractivity contribution >= 4 is 22.9 Å². The van der Waals surface area contributed by atoms with E-state index in [0.29, 0.717) is 17.0 Å². The van der Waals surface area contributed by atoms with Crippen molar-refractivity contribution in [3.05, 3.63) is 66.5 Å². The molecule has 0 radical (unpaired) electrons. The fourth-order valence-corrected chi connectivity index (χ4v) is 2.67. The molecule has 0 aliphatic carbocycles. The van der Waals surface area contributed by atoms with Gasteiger partial charge in [0.25, 0.3) is 5.91 Å². The van der Waals surface area contributed by atoms with Crippen LogP contribution in [0.4, 0.5) is 5.95 Å². The summed E-state index contributed by atoms with van der Waals surface area (Å²) in [6.07, 6.45) is 1.37. The Hall–Kier alpha value is -4.07. The van der Waals surface area contributed by atoms with Crippen LogP contribution in [-0.2, 0) is 0 Å². The largest absolute Gasteiger partial charge is 0.503 e. The average molecular weight is 376 g/mol. The molecule has 2 heterocycles. The summed E-state index contributed by atoms with van der Waals surface area (Å²) in [6, 6.07) is 16.2. The monoisotopic (exact) mass is 376 g/mol. The molecule has 4 aromatic rings. The zero-order chi connectivity index (χ0) is 19.5. The number of ether oxygens (including phenoxy) is 2. The van der Waals surface area contributed by atoms with E-state index >= 15 is 0 Å². The first kappa shape index (κ1) is 17.3. The zero-order valence-electron chi connectivity index (χ0n) is 14.8. The SMILES string of the molecule is COc1ccnc(C(=O)Nc2nc3cc(Oc4ccccc4)ccc3[nH]2)c1O. The number of aromatic nitrogens is 3. The van der Waals surface area contributed by atoms with E-state index in [-0.39, 0.29) is 23.1 Å². The quantitative estimate of drug-likeness (QED) is 0.490. The van der Waals surface area contributed by atoms with E-state index in [0.717, 1.165) is 5.52 Å². The summed E-state index contributed by atoms with van der Waals surface area (Å²) in [5.74, 6) is 0.766. The van der Waals surface area contributed by atoms with Gasteiger partial charge in [0, 0.05) is 18.3 Å². The summed E-state index contributed by atoms with van der Waals surface area (Å²) >= 11 is 0. The number of amides is 1. The fraction of sp³-hybridized carbons (Fsp3) is 0.0500. The Morgan fingerprint density at radius 2 is 1.93 bits per heavy atom. The van der Waals surface area contributed by atoms with Crippen LogP contribution in [0.1, 0.15) is 10.5 Å². The standard InChI is InChI=1S/C20H16N4O4/c1-27-16-9-10-21-17(18(16)25)19(26)24-20-22-14-8-7-13(11-15(14)23-20)28-12-5-3-2-4-6-12/h2-11,25H,1H3,(H2,22,23,24,26). The second-order valence-electron chi connectivity index (χ2n) is 5.84. The number of anilines is 1. The minimum absolute atomic E-state index is 0.159. The number of aromatic amines is 1. The van der Waals surface area contributed by atoms with Crippen LogP contribution in [0.15, 0.2) is 60.8 Å². The molecule has 0 aliphatic rings. The summed E-state index contributed by atoms with van der Waals surface area (Å²) in [4.78, 5) is 23.6. The van der Waals surface area contributed by atoms with Gasteiger partial charge in [0.2, 0.25) is 5.95 Å². The summed E-state index contributed by atoms with van der Waals surface area (Å²) in [7, 11) is 1.39. The van der Waals surface area contributed by atoms with Gasteiger partial charge in [-0.2, -0.15) is 0 Å². The van der Waals surface area contributed by atoms with Gasteiger partial charge in [0.05, 0.1) is 18.1 Å². The van der Waals surface area contributed by atoms with Gasteiger partial charge in [-0.1, -0.05) is 18.2 Å². The van der Waals surface area contributed by atoms with Crippen LogP contribution in [0.25, 0.3) is 11.0 Å². The number of methoxy groups -OCH3 is 1. The lowest BCUT2D eigenvalue weighted by atomic mass is 10.3. The zero-order valence-corrected chi connectivity index (χ0v) is 14.8. The van der Waals surface area contributed by atoms with Crippen molar-refractivity contribution in [1.82, 2.24) is 15.0 Å². The van der Waals surface area contributed by atoms with E-state index in [1.54, 1.807) is 18.2 Å². The van der Waals surface area contributed by atoms with E-state index in [1.165, 1.54) is 19.4 Å². The molecule has 0 saturated carbocycles. The highest BCUT2D eigenvalue weighted by atomic mass is 16.5. The molecule has 8 heteroatoms. The predicted molar refractivity (Wildman–Crippen MR) is 103 cm³/mol. The smallest absolute Gasteiger partial charge is 0.280 e. The maximum absolute atomic E-state index is 12.4. The molecule has 1 amide bonds. The van der Waals surface area contributed by atoms with Gasteiger partial charge in [-0.15, -0.1) is 0 Å². The van der Waals surface area contributed by atoms with Crippen LogP contribution in [0.5, 0.6) is 23.0 Å². The molecule has 0 aliphatic heterocycles. The highest BCUT2D eigenvalue weighted by Gasteiger charge is 2.18. The number of nitrogens with one attached hydrogen (secondary N) is 2. The molecule has 3 N–H and O–H groups in total. The van der Waals surface area contributed by atoms with Crippen molar-refractivity contribution in [2.75, 3.05) is 12.4 Å². The fourth-order valence-electron chi connectivity index (χ4n) is 2.67. The van der Waals surface area contributed by atoms with Crippen LogP contribution in [0.2, 0.25) is 0 Å². The first-order chi connectivity index (χ1) is 13.6. The first-order valence-corrected chi connectivity index (χ1v) is 8.40. The van der Waals surface area contributed by atoms with Gasteiger partial charge in [0.15, 0.2) is 17.2 Å². The van der Waals surface area contributed by atoms with Crippen LogP contribution < -0.4 is 14.8 Å². The number of fused-ring (bicyclic) bond motifs is 1. The van der Waals surface area contributed by atoms with Crippen LogP contribution in [0, 0.1) is 0 Å². The number of H-pyrrole nitrogens is 1. The maximum atomic E-state index is 12.4. The van der Waals surface area contributed by atoms with Gasteiger partial charge < -0.3 is 19.6 Å². The molecule has 28 heavy (non-hydrogen) atoms. The van der Waals surface area contributed by atoms with E-state index in [9.17, 15) is 9.90 Å². The lowest BCUT2D eigenvalue weighted by Crippen LogP contribution is -2.15. The summed E-state index contributed by atoms with van der Waals surface area (Å²) in [5.41, 5.74) is 1.18. The second kappa shape index (κ2) is 7.28. The predicted octanol–water partition coefficient (Wildman–Crippen LogP) is 3.72. The number of hydrogen-bond donors (Lipinski definition) is 3. The molecule has 0 atom stereocenters. The van der Waals surface area contributed by atoms with Crippen molar-refractivity contribution in [1.29, 1.82) is 0 Å². The summed E-state index contributed by atoms with van der Waals surface area (Å²) in [5, 5.41) is 12.6. The van der Waals surface area contributed by atoms with Crippen molar-refractivity contribution in [2.45, 2.75) is 0 Å². The van der Waals surface area contributed by atoms with E-state index in [1.807, 2.05) is 30.3 Å². The molecule has 0 unspecified atom stereocenters. The highest BCUT2D eigenvalue weighted by molar-refractivity contribution is 6.04. The Balaban J connectivity index is 1.56. The average Bonchev–Trinajstić information content (AvgIpc) is 3.10. The van der Waals surface area contributed by atoms with Crippen molar-refractivity contribution in [3.63, 3.8) is 0 Å². The van der Waals surface area contributed by atoms with E-state index in [2.05, 4.69) is 20.3 Å². The molecular weight excluding hydrogens is 360 g/mol. The minimum Gasteiger partial charge on any atom is -0.503 e. The van der Waals surface area contributed by atoms with Gasteiger partial charge in [-0.05, 0) is 24.3 Å². The third kappa shape index (κ3) is 3.43. The van der Waals surface area contributed by atoms with Crippen LogP contribution in [-0.4, -0.2) is 33.1 Å². The number of hydrogen-bond acceptors (Lipinski definition) is 6. The number of aromatic hydroxyl groups is 1. The topological polar surface area (TPSA) is 109 Å². The number of pyridine rings is 1. The van der Waals surface area contributed by atoms with Crippen molar-refractivity contribution in [3.8, 4) is 23.0 Å². The molecule has 140 valence electrons. The van der Waals surface area contributed by atoms with Gasteiger partial charge in [0.1, 0.15) is 11.5 Å². The van der Waals surface area contributed by atoms with Crippen molar-refractivity contribution in [2.24, 2.45) is 0 Å². The first-order valence-electron chi connectivity index (χ1n) is 8.40. The Morgan fingerprint density at radius 3 is 2.71 bits per heavy atom. The number of rotatable bonds is 5. The minimum atomic E-state index is -0.615. The van der Waals surface area contributed by atoms with Gasteiger partial charge in [-0.3, -0.25) is 10.1 Å². The highest BCUT2D eigenvalue weighted by Crippen LogP contribution is 2.29. The lowest BCUT2D eigenvalue weighted by Gasteiger charge is -2.06. The number of benzene rings is 2. The van der Waals surface area contributed by atoms with E-state index < -0.39 is 5.91 Å². The normalized spacial score (nSPS) is 10.6. The third-order valence-corrected chi connectivity index (χ3v) is 3.99. The number of nitrogens with zero attached hydrogens (tertiary/aromatic N) is 2. The third-order valence-electron chi connectivity index (χ3n) is 3.99. The van der Waals surface area contributed by atoms with Gasteiger partial charge >= 0.3 is 0 Å². The van der Waals surface area contributed by atoms with Crippen LogP contribution >= 0.6 is 0 Å². The number of para-hydroxylation sites is 1. The number of carbonyl (C=O) groups excluding carboxylic acids is 1.